The highest BCUT2D eigenvalue weighted by Gasteiger charge is 2.47. The van der Waals surface area contributed by atoms with Gasteiger partial charge in [0, 0.05) is 17.4 Å². The number of anilines is 1. The van der Waals surface area contributed by atoms with Gasteiger partial charge in [-0.1, -0.05) is 32.0 Å². The number of carbonyl (C=O) groups is 2. The van der Waals surface area contributed by atoms with E-state index in [1.165, 1.54) is 4.90 Å². The molecule has 1 fully saturated rings. The maximum atomic E-state index is 13.3. The quantitative estimate of drug-likeness (QED) is 0.351. The lowest BCUT2D eigenvalue weighted by atomic mass is 9.97. The summed E-state index contributed by atoms with van der Waals surface area (Å²) >= 11 is 0. The number of rotatable bonds is 4. The second kappa shape index (κ2) is 8.67. The Bertz CT molecular complexity index is 1280. The number of carbonyl (C=O) groups excluding carboxylic acids is 2. The molecule has 1 aromatic heterocycles. The van der Waals surface area contributed by atoms with Crippen LogP contribution >= 0.6 is 0 Å². The molecule has 0 radical (unpaired) electrons. The fourth-order valence-electron chi connectivity index (χ4n) is 4.28. The Morgan fingerprint density at radius 2 is 1.74 bits per heavy atom. The first-order valence-electron chi connectivity index (χ1n) is 11.2. The molecule has 7 nitrogen and oxygen atoms in total. The molecule has 1 atom stereocenters. The minimum Gasteiger partial charge on any atom is -0.507 e. The van der Waals surface area contributed by atoms with Gasteiger partial charge in [0.05, 0.1) is 11.3 Å². The van der Waals surface area contributed by atoms with E-state index < -0.39 is 17.7 Å². The predicted octanol–water partition coefficient (Wildman–Crippen LogP) is 4.60. The molecule has 7 heteroatoms. The summed E-state index contributed by atoms with van der Waals surface area (Å²) in [6.07, 6.45) is 1.60. The molecule has 34 heavy (non-hydrogen) atoms. The second-order valence-electron chi connectivity index (χ2n) is 8.53. The number of hydrogen-bond acceptors (Lipinski definition) is 6. The van der Waals surface area contributed by atoms with Gasteiger partial charge < -0.3 is 14.6 Å². The molecule has 3 heterocycles. The van der Waals surface area contributed by atoms with Gasteiger partial charge in [0.25, 0.3) is 11.7 Å². The maximum Gasteiger partial charge on any atom is 0.300 e. The van der Waals surface area contributed by atoms with E-state index in [0.717, 1.165) is 5.56 Å². The Labute approximate surface area is 197 Å². The number of Topliss-reactive ketones (excluding diaryl/α,β-unsaturated/α-hetero) is 1. The summed E-state index contributed by atoms with van der Waals surface area (Å²) in [4.78, 5) is 32.3. The van der Waals surface area contributed by atoms with Crippen LogP contribution in [0.25, 0.3) is 5.76 Å². The van der Waals surface area contributed by atoms with Gasteiger partial charge >= 0.3 is 0 Å². The van der Waals surface area contributed by atoms with Gasteiger partial charge in [-0.3, -0.25) is 19.5 Å². The minimum absolute atomic E-state index is 0.0201. The summed E-state index contributed by atoms with van der Waals surface area (Å²) in [7, 11) is 0. The molecule has 1 unspecified atom stereocenters. The maximum absolute atomic E-state index is 13.3. The van der Waals surface area contributed by atoms with Crippen molar-refractivity contribution in [1.82, 2.24) is 4.98 Å². The summed E-state index contributed by atoms with van der Waals surface area (Å²) in [6.45, 7) is 5.01. The summed E-state index contributed by atoms with van der Waals surface area (Å²) < 4.78 is 11.2. The number of benzene rings is 2. The number of ether oxygens (including phenoxy) is 2. The van der Waals surface area contributed by atoms with Crippen molar-refractivity contribution < 1.29 is 24.2 Å². The van der Waals surface area contributed by atoms with Crippen LogP contribution in [-0.2, 0) is 9.59 Å². The van der Waals surface area contributed by atoms with E-state index in [1.807, 2.05) is 24.3 Å². The van der Waals surface area contributed by atoms with Crippen molar-refractivity contribution in [2.24, 2.45) is 0 Å². The molecular formula is C27H24N2O5. The zero-order valence-corrected chi connectivity index (χ0v) is 18.9. The van der Waals surface area contributed by atoms with Gasteiger partial charge in [-0.25, -0.2) is 0 Å². The largest absolute Gasteiger partial charge is 0.507 e. The second-order valence-corrected chi connectivity index (χ2v) is 8.53. The average Bonchev–Trinajstić information content (AvgIpc) is 3.14. The third-order valence-corrected chi connectivity index (χ3v) is 6.07. The van der Waals surface area contributed by atoms with Gasteiger partial charge in [0.15, 0.2) is 11.5 Å². The smallest absolute Gasteiger partial charge is 0.300 e. The molecule has 0 spiro atoms. The molecular weight excluding hydrogens is 432 g/mol. The molecule has 0 bridgehead atoms. The van der Waals surface area contributed by atoms with Crippen molar-refractivity contribution in [3.63, 3.8) is 0 Å². The Kier molecular flexibility index (Phi) is 5.53. The number of ketones is 1. The first kappa shape index (κ1) is 21.7. The normalized spacial score (nSPS) is 19.0. The van der Waals surface area contributed by atoms with Crippen LogP contribution in [0, 0.1) is 0 Å². The lowest BCUT2D eigenvalue weighted by Gasteiger charge is -2.25. The highest BCUT2D eigenvalue weighted by Crippen LogP contribution is 2.42. The molecule has 3 aromatic rings. The van der Waals surface area contributed by atoms with Crippen molar-refractivity contribution in [2.75, 3.05) is 18.1 Å². The van der Waals surface area contributed by atoms with Crippen LogP contribution in [0.15, 0.2) is 72.4 Å². The van der Waals surface area contributed by atoms with Gasteiger partial charge in [0.2, 0.25) is 0 Å². The first-order valence-corrected chi connectivity index (χ1v) is 11.2. The standard InChI is InChI=1S/C27H24N2O5/c1-16(2)17-6-9-19(10-7-17)29-24(20-5-3-4-12-28-20)23(26(31)27(29)32)25(30)18-8-11-21-22(15-18)34-14-13-33-21/h3-12,15-16,24,30H,13-14H2,1-2H3/b25-23-. The molecule has 1 amide bonds. The minimum atomic E-state index is -0.876. The van der Waals surface area contributed by atoms with Gasteiger partial charge in [-0.15, -0.1) is 0 Å². The molecule has 0 saturated carbocycles. The van der Waals surface area contributed by atoms with Crippen molar-refractivity contribution in [3.05, 3.63) is 89.3 Å². The molecule has 172 valence electrons. The number of aliphatic hydroxyl groups excluding tert-OH is 1. The van der Waals surface area contributed by atoms with Gasteiger partial charge in [0.1, 0.15) is 25.0 Å². The average molecular weight is 456 g/mol. The van der Waals surface area contributed by atoms with Gasteiger partial charge in [-0.05, 0) is 53.9 Å². The highest BCUT2D eigenvalue weighted by atomic mass is 16.6. The van der Waals surface area contributed by atoms with Crippen LogP contribution < -0.4 is 14.4 Å². The van der Waals surface area contributed by atoms with Crippen LogP contribution in [0.5, 0.6) is 11.5 Å². The van der Waals surface area contributed by atoms with Gasteiger partial charge in [-0.2, -0.15) is 0 Å². The van der Waals surface area contributed by atoms with E-state index in [2.05, 4.69) is 18.8 Å². The Balaban J connectivity index is 1.65. The predicted molar refractivity (Wildman–Crippen MR) is 127 cm³/mol. The van der Waals surface area contributed by atoms with E-state index >= 15 is 0 Å². The number of fused-ring (bicyclic) bond motifs is 1. The topological polar surface area (TPSA) is 89.0 Å². The molecule has 2 aliphatic heterocycles. The molecule has 2 aliphatic rings. The van der Waals surface area contributed by atoms with Crippen LogP contribution in [0.4, 0.5) is 5.69 Å². The molecule has 0 aliphatic carbocycles. The van der Waals surface area contributed by atoms with Crippen LogP contribution in [0.2, 0.25) is 0 Å². The first-order chi connectivity index (χ1) is 16.5. The number of hydrogen-bond donors (Lipinski definition) is 1. The van der Waals surface area contributed by atoms with E-state index in [4.69, 9.17) is 9.47 Å². The Hall–Kier alpha value is -4.13. The van der Waals surface area contributed by atoms with Crippen molar-refractivity contribution in [1.29, 1.82) is 0 Å². The van der Waals surface area contributed by atoms with E-state index in [-0.39, 0.29) is 11.3 Å². The summed E-state index contributed by atoms with van der Waals surface area (Å²) in [5, 5.41) is 11.3. The van der Waals surface area contributed by atoms with Crippen LogP contribution in [0.3, 0.4) is 0 Å². The Morgan fingerprint density at radius 3 is 2.41 bits per heavy atom. The number of aromatic nitrogens is 1. The lowest BCUT2D eigenvalue weighted by Crippen LogP contribution is -2.29. The third-order valence-electron chi connectivity index (χ3n) is 6.07. The lowest BCUT2D eigenvalue weighted by molar-refractivity contribution is -0.132. The number of aliphatic hydroxyl groups is 1. The fraction of sp³-hybridized carbons (Fsp3) is 0.222. The monoisotopic (exact) mass is 456 g/mol. The molecule has 5 rings (SSSR count). The highest BCUT2D eigenvalue weighted by molar-refractivity contribution is 6.51. The van der Waals surface area contributed by atoms with Crippen LogP contribution in [-0.4, -0.2) is 35.0 Å². The molecule has 1 saturated heterocycles. The zero-order valence-electron chi connectivity index (χ0n) is 18.9. The number of amides is 1. The summed E-state index contributed by atoms with van der Waals surface area (Å²) in [6, 6.07) is 16.9. The van der Waals surface area contributed by atoms with Crippen molar-refractivity contribution >= 4 is 23.1 Å². The van der Waals surface area contributed by atoms with Crippen molar-refractivity contribution in [2.45, 2.75) is 25.8 Å². The van der Waals surface area contributed by atoms with E-state index in [9.17, 15) is 14.7 Å². The molecule has 2 aromatic carbocycles. The number of nitrogens with zero attached hydrogens (tertiary/aromatic N) is 2. The van der Waals surface area contributed by atoms with E-state index in [1.54, 1.807) is 42.6 Å². The molecule has 1 N–H and O–H groups in total. The summed E-state index contributed by atoms with van der Waals surface area (Å²) in [5.41, 5.74) is 2.50. The third kappa shape index (κ3) is 3.69. The van der Waals surface area contributed by atoms with E-state index in [0.29, 0.717) is 47.6 Å². The van der Waals surface area contributed by atoms with Crippen LogP contribution in [0.1, 0.15) is 42.6 Å². The number of pyridine rings is 1. The summed E-state index contributed by atoms with van der Waals surface area (Å²) in [5.74, 6) is -0.403. The fourth-order valence-corrected chi connectivity index (χ4v) is 4.28. The zero-order chi connectivity index (χ0) is 23.8. The van der Waals surface area contributed by atoms with Crippen molar-refractivity contribution in [3.8, 4) is 11.5 Å². The Morgan fingerprint density at radius 1 is 1.00 bits per heavy atom. The SMILES string of the molecule is CC(C)c1ccc(N2C(=O)C(=O)/C(=C(\O)c3ccc4c(c3)OCCO4)C2c2ccccn2)cc1.